The fraction of sp³-hybridized carbons (Fsp3) is 1.00. The molecule has 0 saturated carbocycles. The van der Waals surface area contributed by atoms with Crippen molar-refractivity contribution in [2.45, 2.75) is 0 Å². The van der Waals surface area contributed by atoms with Gasteiger partial charge in [-0.25, -0.2) is 0 Å². The minimum atomic E-state index is 0. The van der Waals surface area contributed by atoms with Crippen molar-refractivity contribution in [1.82, 2.24) is 0 Å². The van der Waals surface area contributed by atoms with E-state index >= 15 is 0 Å². The first-order valence-electron chi connectivity index (χ1n) is 0.500. The Hall–Kier alpha value is 1.17. The molecule has 0 rings (SSSR count). The maximum atomic E-state index is 5.75. The van der Waals surface area contributed by atoms with Gasteiger partial charge in [-0.05, 0) is 0 Å². The largest absolute Gasteiger partial charge is 0.680 e. The number of hydrogen-bond acceptors (Lipinski definition) is 0. The Labute approximate surface area is 51.1 Å². The smallest absolute Gasteiger partial charge is 0 e. The summed E-state index contributed by atoms with van der Waals surface area (Å²) in [5, 5.41) is 0. The van der Waals surface area contributed by atoms with Crippen LogP contribution in [0.15, 0.2) is 0 Å². The van der Waals surface area contributed by atoms with E-state index in [1.807, 2.05) is 0 Å². The zero-order valence-corrected chi connectivity index (χ0v) is 5.37. The third-order valence-corrected chi connectivity index (χ3v) is 0. The summed E-state index contributed by atoms with van der Waals surface area (Å²) in [5.41, 5.74) is 5.75. The molecule has 4 heavy (non-hydrogen) atoms. The third-order valence-electron chi connectivity index (χ3n) is 0. The van der Waals surface area contributed by atoms with Crippen molar-refractivity contribution in [3.8, 4) is 0 Å². The Morgan fingerprint density at radius 2 is 1.25 bits per heavy atom. The Balaban J connectivity index is -0.00000000500. The minimum absolute atomic E-state index is 0. The number of rotatable bonds is 0. The monoisotopic (exact) mass is 184 g/mol. The van der Waals surface area contributed by atoms with Crippen LogP contribution in [0.2, 0.25) is 0 Å². The minimum Gasteiger partial charge on any atom is -0.680 e. The average molecular weight is 182 g/mol. The summed E-state index contributed by atoms with van der Waals surface area (Å²) in [6, 6.07) is 0. The predicted molar refractivity (Wildman–Crippen MR) is 10.2 cm³/mol. The molecule has 0 aliphatic rings. The number of hydrogen-bond donors (Lipinski definition) is 0. The van der Waals surface area contributed by atoms with E-state index in [9.17, 15) is 0 Å². The third kappa shape index (κ3) is 10.9. The van der Waals surface area contributed by atoms with E-state index in [-0.39, 0.29) is 38.1 Å². The second kappa shape index (κ2) is 30.7. The van der Waals surface area contributed by atoms with Crippen molar-refractivity contribution in [2.75, 3.05) is 7.05 Å². The quantitative estimate of drug-likeness (QED) is 0.491. The van der Waals surface area contributed by atoms with Gasteiger partial charge < -0.3 is 5.73 Å². The molecule has 0 saturated heterocycles. The summed E-state index contributed by atoms with van der Waals surface area (Å²) in [7, 11) is 1.25. The van der Waals surface area contributed by atoms with Gasteiger partial charge in [-0.1, -0.05) is 0 Å². The summed E-state index contributed by atoms with van der Waals surface area (Å²) < 4.78 is 0. The van der Waals surface area contributed by atoms with Crippen molar-refractivity contribution < 1.29 is 38.1 Å². The van der Waals surface area contributed by atoms with Gasteiger partial charge in [0.05, 0.1) is 0 Å². The molecule has 0 aliphatic heterocycles. The van der Waals surface area contributed by atoms with E-state index < -0.39 is 0 Å². The molecule has 0 spiro atoms. The van der Waals surface area contributed by atoms with Crippen LogP contribution in [0.5, 0.6) is 0 Å². The van der Waals surface area contributed by atoms with Crippen LogP contribution in [0.25, 0.3) is 5.73 Å². The predicted octanol–water partition coefficient (Wildman–Crippen LogP) is 0.663. The van der Waals surface area contributed by atoms with Crippen molar-refractivity contribution >= 4 is 0 Å². The number of nitrogens with one attached hydrogen (secondary N) is 1. The first kappa shape index (κ1) is 19.1. The van der Waals surface area contributed by atoms with Gasteiger partial charge in [0, 0.05) is 38.1 Å². The van der Waals surface area contributed by atoms with E-state index in [1.54, 1.807) is 0 Å². The molecular weight excluding hydrogens is 178 g/mol. The van der Waals surface area contributed by atoms with Gasteiger partial charge in [0.25, 0.3) is 0 Å². The SMILES string of the molecule is C[NH-].[Fe].[Mo]. The zero-order valence-electron chi connectivity index (χ0n) is 2.26. The van der Waals surface area contributed by atoms with E-state index in [0.29, 0.717) is 0 Å². The van der Waals surface area contributed by atoms with Crippen molar-refractivity contribution in [1.29, 1.82) is 0 Å². The molecule has 0 heterocycles. The van der Waals surface area contributed by atoms with Crippen LogP contribution in [0, 0.1) is 0 Å². The molecule has 0 atom stereocenters. The van der Waals surface area contributed by atoms with Crippen LogP contribution in [-0.4, -0.2) is 7.05 Å². The molecule has 28 valence electrons. The second-order valence-corrected chi connectivity index (χ2v) is 0. The molecule has 3 heteroatoms. The van der Waals surface area contributed by atoms with E-state index in [4.69, 9.17) is 5.73 Å². The van der Waals surface area contributed by atoms with Crippen molar-refractivity contribution in [2.24, 2.45) is 0 Å². The van der Waals surface area contributed by atoms with Crippen LogP contribution in [0.4, 0.5) is 0 Å². The van der Waals surface area contributed by atoms with Crippen LogP contribution in [0.1, 0.15) is 0 Å². The van der Waals surface area contributed by atoms with Crippen LogP contribution in [-0.2, 0) is 38.1 Å². The average Bonchev–Trinajstić information content (AvgIpc) is 1.00. The molecule has 0 unspecified atom stereocenters. The van der Waals surface area contributed by atoms with E-state index in [2.05, 4.69) is 0 Å². The summed E-state index contributed by atoms with van der Waals surface area (Å²) >= 11 is 0. The molecule has 0 aliphatic carbocycles. The molecule has 0 bridgehead atoms. The first-order valence-corrected chi connectivity index (χ1v) is 0.500. The standard InChI is InChI=1S/CH4N.Fe.Mo/c1-2;;/h2H,1H3;;/q-1;;. The van der Waals surface area contributed by atoms with Gasteiger partial charge >= 0.3 is 0 Å². The molecular formula is CH4FeMoN-. The molecule has 0 radical (unpaired) electrons. The fourth-order valence-corrected chi connectivity index (χ4v) is 0. The van der Waals surface area contributed by atoms with Crippen LogP contribution < -0.4 is 0 Å². The summed E-state index contributed by atoms with van der Waals surface area (Å²) in [4.78, 5) is 0. The maximum absolute atomic E-state index is 5.75. The first-order chi connectivity index (χ1) is 1.00. The molecule has 1 nitrogen and oxygen atoms in total. The van der Waals surface area contributed by atoms with Gasteiger partial charge in [0.2, 0.25) is 0 Å². The van der Waals surface area contributed by atoms with Crippen molar-refractivity contribution in [3.05, 3.63) is 5.73 Å². The van der Waals surface area contributed by atoms with Gasteiger partial charge in [-0.15, -0.1) is 0 Å². The van der Waals surface area contributed by atoms with Gasteiger partial charge in [0.1, 0.15) is 0 Å². The molecule has 1 N–H and O–H groups in total. The molecule has 0 aromatic rings. The van der Waals surface area contributed by atoms with E-state index in [0.717, 1.165) is 0 Å². The normalized spacial score (nSPS) is 1.50. The molecule has 0 amide bonds. The summed E-state index contributed by atoms with van der Waals surface area (Å²) in [5.74, 6) is 0. The Bertz CT molecular complexity index is 8.00. The van der Waals surface area contributed by atoms with Gasteiger partial charge in [-0.3, -0.25) is 0 Å². The summed E-state index contributed by atoms with van der Waals surface area (Å²) in [6.07, 6.45) is 0. The van der Waals surface area contributed by atoms with Crippen molar-refractivity contribution in [3.63, 3.8) is 0 Å². The van der Waals surface area contributed by atoms with Gasteiger partial charge in [0.15, 0.2) is 0 Å². The fourth-order valence-electron chi connectivity index (χ4n) is 0. The van der Waals surface area contributed by atoms with Gasteiger partial charge in [-0.2, -0.15) is 7.05 Å². The Morgan fingerprint density at radius 3 is 1.25 bits per heavy atom. The van der Waals surface area contributed by atoms with Crippen LogP contribution >= 0.6 is 0 Å². The summed E-state index contributed by atoms with van der Waals surface area (Å²) in [6.45, 7) is 0. The molecule has 0 aromatic heterocycles. The Kier molecular flexibility index (Phi) is 146. The second-order valence-electron chi connectivity index (χ2n) is 0. The van der Waals surface area contributed by atoms with Crippen LogP contribution in [0.3, 0.4) is 0 Å². The molecule has 0 aromatic carbocycles. The maximum Gasteiger partial charge on any atom is 0 e. The van der Waals surface area contributed by atoms with E-state index in [1.165, 1.54) is 7.05 Å². The Morgan fingerprint density at radius 1 is 1.25 bits per heavy atom. The molecule has 0 fully saturated rings. The zero-order chi connectivity index (χ0) is 2.00. The topological polar surface area (TPSA) is 23.8 Å².